The van der Waals surface area contributed by atoms with Gasteiger partial charge < -0.3 is 9.47 Å². The van der Waals surface area contributed by atoms with Gasteiger partial charge in [0.15, 0.2) is 0 Å². The first-order valence-corrected chi connectivity index (χ1v) is 7.81. The van der Waals surface area contributed by atoms with Crippen molar-refractivity contribution in [3.63, 3.8) is 0 Å². The Hall–Kier alpha value is -1.09. The summed E-state index contributed by atoms with van der Waals surface area (Å²) in [6, 6.07) is 0. The maximum atomic E-state index is 11.9. The van der Waals surface area contributed by atoms with Gasteiger partial charge in [0.2, 0.25) is 0 Å². The molecule has 0 amide bonds. The lowest BCUT2D eigenvalue weighted by Gasteiger charge is -2.36. The molecule has 120 valence electrons. The van der Waals surface area contributed by atoms with Gasteiger partial charge >= 0.3 is 5.97 Å². The summed E-state index contributed by atoms with van der Waals surface area (Å²) >= 11 is 0. The number of hydrogen-bond donors (Lipinski definition) is 0. The normalized spacial score (nSPS) is 22.7. The molecule has 0 aromatic heterocycles. The fraction of sp³-hybridized carbons (Fsp3) is 0.722. The van der Waals surface area contributed by atoms with Crippen LogP contribution in [0.15, 0.2) is 24.3 Å². The topological polar surface area (TPSA) is 35.5 Å². The lowest BCUT2D eigenvalue weighted by Crippen LogP contribution is -2.30. The molecule has 0 spiro atoms. The van der Waals surface area contributed by atoms with Crippen molar-refractivity contribution in [3.8, 4) is 0 Å². The number of esters is 1. The molecule has 1 rings (SSSR count). The number of ether oxygens (including phenoxy) is 2. The molecule has 0 atom stereocenters. The van der Waals surface area contributed by atoms with Gasteiger partial charge in [0.05, 0.1) is 18.8 Å². The average molecular weight is 294 g/mol. The maximum Gasteiger partial charge on any atom is 0.336 e. The summed E-state index contributed by atoms with van der Waals surface area (Å²) in [6.07, 6.45) is 4.19. The van der Waals surface area contributed by atoms with Gasteiger partial charge in [0, 0.05) is 0 Å². The number of carbonyl (C=O) groups is 1. The number of hydrogen-bond acceptors (Lipinski definition) is 3. The highest BCUT2D eigenvalue weighted by atomic mass is 16.5. The second-order valence-corrected chi connectivity index (χ2v) is 7.30. The first-order chi connectivity index (χ1) is 9.70. The van der Waals surface area contributed by atoms with Crippen LogP contribution in [0.5, 0.6) is 0 Å². The third-order valence-corrected chi connectivity index (χ3v) is 4.09. The minimum absolute atomic E-state index is 0.0361. The highest BCUT2D eigenvalue weighted by Gasteiger charge is 2.31. The molecule has 1 aliphatic carbocycles. The fourth-order valence-electron chi connectivity index (χ4n) is 2.69. The summed E-state index contributed by atoms with van der Waals surface area (Å²) in [4.78, 5) is 11.9. The van der Waals surface area contributed by atoms with Crippen molar-refractivity contribution in [1.82, 2.24) is 0 Å². The summed E-state index contributed by atoms with van der Waals surface area (Å²) in [5, 5.41) is 0. The molecule has 0 heterocycles. The Morgan fingerprint density at radius 1 is 1.10 bits per heavy atom. The molecular formula is C18H30O3. The SMILES string of the molecule is C=C(C)COCC(=C)C(=O)OC1CCC(C(C)(C)C)CC1. The van der Waals surface area contributed by atoms with E-state index < -0.39 is 0 Å². The van der Waals surface area contributed by atoms with Crippen LogP contribution in [0, 0.1) is 11.3 Å². The first-order valence-electron chi connectivity index (χ1n) is 7.81. The molecule has 0 saturated heterocycles. The van der Waals surface area contributed by atoms with Gasteiger partial charge in [-0.05, 0) is 43.9 Å². The van der Waals surface area contributed by atoms with E-state index in [2.05, 4.69) is 33.9 Å². The number of carbonyl (C=O) groups excluding carboxylic acids is 1. The summed E-state index contributed by atoms with van der Waals surface area (Å²) < 4.78 is 10.9. The highest BCUT2D eigenvalue weighted by Crippen LogP contribution is 2.38. The molecule has 3 heteroatoms. The van der Waals surface area contributed by atoms with Gasteiger partial charge in [-0.25, -0.2) is 4.79 Å². The smallest absolute Gasteiger partial charge is 0.336 e. The lowest BCUT2D eigenvalue weighted by atomic mass is 9.72. The average Bonchev–Trinajstić information content (AvgIpc) is 2.37. The van der Waals surface area contributed by atoms with Crippen LogP contribution in [-0.4, -0.2) is 25.3 Å². The molecule has 21 heavy (non-hydrogen) atoms. The minimum atomic E-state index is -0.323. The molecule has 0 radical (unpaired) electrons. The second-order valence-electron chi connectivity index (χ2n) is 7.30. The third kappa shape index (κ3) is 6.47. The summed E-state index contributed by atoms with van der Waals surface area (Å²) in [5.41, 5.74) is 1.65. The first kappa shape index (κ1) is 18.0. The Bertz CT molecular complexity index is 382. The third-order valence-electron chi connectivity index (χ3n) is 4.09. The van der Waals surface area contributed by atoms with E-state index in [-0.39, 0.29) is 18.7 Å². The van der Waals surface area contributed by atoms with Gasteiger partial charge in [-0.2, -0.15) is 0 Å². The zero-order valence-corrected chi connectivity index (χ0v) is 14.0. The van der Waals surface area contributed by atoms with E-state index in [1.165, 1.54) is 0 Å². The summed E-state index contributed by atoms with van der Waals surface area (Å²) in [6.45, 7) is 16.9. The molecule has 1 fully saturated rings. The van der Waals surface area contributed by atoms with Crippen molar-refractivity contribution in [2.24, 2.45) is 11.3 Å². The van der Waals surface area contributed by atoms with Crippen LogP contribution in [0.25, 0.3) is 0 Å². The Morgan fingerprint density at radius 3 is 2.14 bits per heavy atom. The van der Waals surface area contributed by atoms with E-state index in [0.29, 0.717) is 17.6 Å². The van der Waals surface area contributed by atoms with Crippen molar-refractivity contribution >= 4 is 5.97 Å². The molecule has 0 aliphatic heterocycles. The Labute approximate surface area is 129 Å². The zero-order chi connectivity index (χ0) is 16.0. The van der Waals surface area contributed by atoms with E-state index >= 15 is 0 Å². The minimum Gasteiger partial charge on any atom is -0.459 e. The van der Waals surface area contributed by atoms with Crippen LogP contribution in [0.3, 0.4) is 0 Å². The molecule has 0 N–H and O–H groups in total. The van der Waals surface area contributed by atoms with Crippen LogP contribution < -0.4 is 0 Å². The monoisotopic (exact) mass is 294 g/mol. The van der Waals surface area contributed by atoms with Crippen LogP contribution >= 0.6 is 0 Å². The van der Waals surface area contributed by atoms with Gasteiger partial charge in [-0.15, -0.1) is 0 Å². The molecule has 0 aromatic carbocycles. The predicted molar refractivity (Wildman–Crippen MR) is 86.1 cm³/mol. The van der Waals surface area contributed by atoms with E-state index in [4.69, 9.17) is 9.47 Å². The van der Waals surface area contributed by atoms with Crippen LogP contribution in [0.2, 0.25) is 0 Å². The fourth-order valence-corrected chi connectivity index (χ4v) is 2.69. The molecule has 0 aromatic rings. The van der Waals surface area contributed by atoms with E-state index in [1.54, 1.807) is 0 Å². The molecule has 0 unspecified atom stereocenters. The molecule has 3 nitrogen and oxygen atoms in total. The van der Waals surface area contributed by atoms with Gasteiger partial charge in [-0.1, -0.05) is 39.5 Å². The van der Waals surface area contributed by atoms with Gasteiger partial charge in [-0.3, -0.25) is 0 Å². The molecule has 0 bridgehead atoms. The van der Waals surface area contributed by atoms with Crippen molar-refractivity contribution in [3.05, 3.63) is 24.3 Å². The molecule has 1 aliphatic rings. The summed E-state index contributed by atoms with van der Waals surface area (Å²) in [5.74, 6) is 0.394. The maximum absolute atomic E-state index is 11.9. The van der Waals surface area contributed by atoms with Crippen LogP contribution in [0.4, 0.5) is 0 Å². The Morgan fingerprint density at radius 2 is 1.67 bits per heavy atom. The standard InChI is InChI=1S/C18H30O3/c1-13(2)11-20-12-14(3)17(19)21-16-9-7-15(8-10-16)18(4,5)6/h15-16H,1,3,7-12H2,2,4-6H3. The highest BCUT2D eigenvalue weighted by molar-refractivity contribution is 5.88. The van der Waals surface area contributed by atoms with Crippen molar-refractivity contribution in [2.75, 3.05) is 13.2 Å². The van der Waals surface area contributed by atoms with Gasteiger partial charge in [0.25, 0.3) is 0 Å². The Kier molecular flexibility index (Phi) is 6.66. The number of rotatable bonds is 6. The van der Waals surface area contributed by atoms with Crippen molar-refractivity contribution < 1.29 is 14.3 Å². The quantitative estimate of drug-likeness (QED) is 0.416. The van der Waals surface area contributed by atoms with Crippen molar-refractivity contribution in [1.29, 1.82) is 0 Å². The second kappa shape index (κ2) is 7.79. The van der Waals surface area contributed by atoms with Crippen molar-refractivity contribution in [2.45, 2.75) is 59.5 Å². The zero-order valence-electron chi connectivity index (χ0n) is 14.0. The molecule has 1 saturated carbocycles. The molecular weight excluding hydrogens is 264 g/mol. The lowest BCUT2D eigenvalue weighted by molar-refractivity contribution is -0.147. The predicted octanol–water partition coefficient (Wildman–Crippen LogP) is 4.28. The largest absolute Gasteiger partial charge is 0.459 e. The van der Waals surface area contributed by atoms with Gasteiger partial charge in [0.1, 0.15) is 6.10 Å². The Balaban J connectivity index is 2.30. The van der Waals surface area contributed by atoms with Crippen LogP contribution in [-0.2, 0) is 14.3 Å². The van der Waals surface area contributed by atoms with Crippen LogP contribution in [0.1, 0.15) is 53.4 Å². The van der Waals surface area contributed by atoms with E-state index in [1.807, 2.05) is 6.92 Å². The summed E-state index contributed by atoms with van der Waals surface area (Å²) in [7, 11) is 0. The van der Waals surface area contributed by atoms with E-state index in [0.717, 1.165) is 37.2 Å². The van der Waals surface area contributed by atoms with E-state index in [9.17, 15) is 4.79 Å².